The molecule has 194 valence electrons. The van der Waals surface area contributed by atoms with Crippen LogP contribution < -0.4 is 0 Å². The van der Waals surface area contributed by atoms with Gasteiger partial charge in [-0.2, -0.15) is 18.2 Å². The van der Waals surface area contributed by atoms with E-state index in [1.165, 1.54) is 12.1 Å². The zero-order valence-electron chi connectivity index (χ0n) is 20.3. The summed E-state index contributed by atoms with van der Waals surface area (Å²) in [7, 11) is -3.94. The number of carbonyl (C=O) groups excluding carboxylic acids is 1. The Morgan fingerprint density at radius 2 is 1.69 bits per heavy atom. The van der Waals surface area contributed by atoms with Crippen LogP contribution in [0.15, 0.2) is 28.8 Å². The van der Waals surface area contributed by atoms with Gasteiger partial charge in [-0.1, -0.05) is 17.3 Å². The molecule has 1 atom stereocenters. The summed E-state index contributed by atoms with van der Waals surface area (Å²) in [5.41, 5.74) is -2.96. The van der Waals surface area contributed by atoms with Gasteiger partial charge in [0.15, 0.2) is 11.5 Å². The lowest BCUT2D eigenvalue weighted by atomic mass is 9.94. The molecule has 1 heterocycles. The number of halogens is 3. The molecule has 1 aliphatic rings. The van der Waals surface area contributed by atoms with Crippen LogP contribution in [0.3, 0.4) is 0 Å². The third-order valence-electron chi connectivity index (χ3n) is 5.46. The van der Waals surface area contributed by atoms with Gasteiger partial charge in [0.2, 0.25) is 5.89 Å². The van der Waals surface area contributed by atoms with E-state index in [2.05, 4.69) is 10.1 Å². The van der Waals surface area contributed by atoms with Crippen LogP contribution in [-0.4, -0.2) is 40.6 Å². The molecular formula is C23H30F3N2O6P. The average molecular weight is 518 g/mol. The van der Waals surface area contributed by atoms with E-state index in [-0.39, 0.29) is 31.3 Å². The Morgan fingerprint density at radius 1 is 1.11 bits per heavy atom. The summed E-state index contributed by atoms with van der Waals surface area (Å²) in [5.74, 6) is -0.474. The van der Waals surface area contributed by atoms with Gasteiger partial charge in [0.25, 0.3) is 0 Å². The zero-order chi connectivity index (χ0) is 26.1. The summed E-state index contributed by atoms with van der Waals surface area (Å²) < 4.78 is 73.9. The minimum Gasteiger partial charge on any atom is -0.459 e. The van der Waals surface area contributed by atoms with Crippen molar-refractivity contribution in [2.45, 2.75) is 76.7 Å². The molecule has 0 N–H and O–H groups in total. The summed E-state index contributed by atoms with van der Waals surface area (Å²) in [5, 5.41) is 4.03. The third kappa shape index (κ3) is 6.32. The van der Waals surface area contributed by atoms with Crippen molar-refractivity contribution >= 4 is 13.6 Å². The predicted molar refractivity (Wildman–Crippen MR) is 120 cm³/mol. The number of benzene rings is 1. The Labute approximate surface area is 202 Å². The fraction of sp³-hybridized carbons (Fsp3) is 0.609. The number of hydrogen-bond acceptors (Lipinski definition) is 8. The monoisotopic (exact) mass is 518 g/mol. The quantitative estimate of drug-likeness (QED) is 0.292. The molecule has 1 fully saturated rings. The minimum absolute atomic E-state index is 0.0219. The molecule has 0 spiro atoms. The molecule has 0 aliphatic heterocycles. The van der Waals surface area contributed by atoms with Crippen LogP contribution in [0.25, 0.3) is 0 Å². The van der Waals surface area contributed by atoms with E-state index >= 15 is 0 Å². The first kappa shape index (κ1) is 27.4. The number of carbonyl (C=O) groups is 1. The van der Waals surface area contributed by atoms with Crippen molar-refractivity contribution in [3.05, 3.63) is 47.1 Å². The third-order valence-corrected chi connectivity index (χ3v) is 7.85. The number of esters is 1. The molecule has 1 unspecified atom stereocenters. The molecule has 1 aromatic heterocycles. The largest absolute Gasteiger partial charge is 0.459 e. The summed E-state index contributed by atoms with van der Waals surface area (Å²) in [6, 6.07) is 4.87. The normalized spacial score (nSPS) is 16.7. The van der Waals surface area contributed by atoms with E-state index in [0.29, 0.717) is 18.4 Å². The second-order valence-corrected chi connectivity index (χ2v) is 11.5. The standard InChI is InChI=1S/C23H30F3N2O6P/c1-6-31-35(30,32-7-2)17(19(29)33-21(3,4)5)14-18-27-20(28-34-18)22(12-13-22)15-8-10-16(11-9-15)23(24,25)26/h8-11,17H,6-7,12-14H2,1-5H3. The van der Waals surface area contributed by atoms with Crippen LogP contribution in [0, 0.1) is 0 Å². The van der Waals surface area contributed by atoms with Crippen molar-refractivity contribution < 1.29 is 40.8 Å². The Morgan fingerprint density at radius 3 is 2.14 bits per heavy atom. The number of ether oxygens (including phenoxy) is 1. The summed E-state index contributed by atoms with van der Waals surface area (Å²) in [6.45, 7) is 8.39. The second kappa shape index (κ2) is 10.0. The molecule has 2 aromatic rings. The topological polar surface area (TPSA) is 101 Å². The van der Waals surface area contributed by atoms with E-state index in [1.54, 1.807) is 34.6 Å². The Kier molecular flexibility index (Phi) is 7.84. The van der Waals surface area contributed by atoms with Crippen LogP contribution in [0.5, 0.6) is 0 Å². The SMILES string of the molecule is CCOP(=O)(OCC)C(Cc1nc(C2(c3ccc(C(F)(F)F)cc3)CC2)no1)C(=O)OC(C)(C)C. The Hall–Kier alpha value is -2.23. The summed E-state index contributed by atoms with van der Waals surface area (Å²) in [4.78, 5) is 17.4. The fourth-order valence-electron chi connectivity index (χ4n) is 3.71. The van der Waals surface area contributed by atoms with E-state index in [4.69, 9.17) is 18.3 Å². The van der Waals surface area contributed by atoms with Gasteiger partial charge in [0, 0.05) is 0 Å². The lowest BCUT2D eigenvalue weighted by Gasteiger charge is -2.27. The fourth-order valence-corrected chi connectivity index (χ4v) is 5.56. The lowest BCUT2D eigenvalue weighted by molar-refractivity contribution is -0.154. The smallest absolute Gasteiger partial charge is 0.416 e. The molecule has 0 bridgehead atoms. The number of rotatable bonds is 10. The second-order valence-electron chi connectivity index (χ2n) is 9.30. The summed E-state index contributed by atoms with van der Waals surface area (Å²) in [6.07, 6.45) is -3.42. The predicted octanol–water partition coefficient (Wildman–Crippen LogP) is 5.69. The molecule has 0 saturated heterocycles. The number of alkyl halides is 3. The molecular weight excluding hydrogens is 488 g/mol. The van der Waals surface area contributed by atoms with Crippen molar-refractivity contribution in [3.63, 3.8) is 0 Å². The number of nitrogens with zero attached hydrogens (tertiary/aromatic N) is 2. The van der Waals surface area contributed by atoms with Gasteiger partial charge in [0.1, 0.15) is 5.60 Å². The van der Waals surface area contributed by atoms with Gasteiger partial charge >= 0.3 is 19.7 Å². The van der Waals surface area contributed by atoms with Gasteiger partial charge in [-0.15, -0.1) is 0 Å². The maximum atomic E-state index is 13.5. The Bertz CT molecular complexity index is 1060. The van der Waals surface area contributed by atoms with Crippen molar-refractivity contribution in [2.75, 3.05) is 13.2 Å². The minimum atomic E-state index is -4.43. The van der Waals surface area contributed by atoms with Crippen molar-refractivity contribution in [1.82, 2.24) is 10.1 Å². The molecule has 0 radical (unpaired) electrons. The maximum Gasteiger partial charge on any atom is 0.416 e. The maximum absolute atomic E-state index is 13.5. The molecule has 12 heteroatoms. The zero-order valence-corrected chi connectivity index (χ0v) is 21.2. The molecule has 0 amide bonds. The molecule has 35 heavy (non-hydrogen) atoms. The first-order valence-corrected chi connectivity index (χ1v) is 13.0. The van der Waals surface area contributed by atoms with Gasteiger partial charge in [0.05, 0.1) is 30.6 Å². The van der Waals surface area contributed by atoms with Crippen molar-refractivity contribution in [2.24, 2.45) is 0 Å². The van der Waals surface area contributed by atoms with Crippen LogP contribution in [0.2, 0.25) is 0 Å². The number of aromatic nitrogens is 2. The first-order chi connectivity index (χ1) is 16.2. The van der Waals surface area contributed by atoms with E-state index in [0.717, 1.165) is 12.1 Å². The highest BCUT2D eigenvalue weighted by molar-refractivity contribution is 7.55. The first-order valence-electron chi connectivity index (χ1n) is 11.4. The summed E-state index contributed by atoms with van der Waals surface area (Å²) >= 11 is 0. The van der Waals surface area contributed by atoms with Crippen molar-refractivity contribution in [1.29, 1.82) is 0 Å². The molecule has 3 rings (SSSR count). The Balaban J connectivity index is 1.88. The average Bonchev–Trinajstić information content (AvgIpc) is 3.42. The molecule has 1 aliphatic carbocycles. The number of hydrogen-bond donors (Lipinski definition) is 0. The van der Waals surface area contributed by atoms with Crippen LogP contribution in [0.4, 0.5) is 13.2 Å². The lowest BCUT2D eigenvalue weighted by Crippen LogP contribution is -2.34. The highest BCUT2D eigenvalue weighted by Gasteiger charge is 2.51. The molecule has 1 saturated carbocycles. The highest BCUT2D eigenvalue weighted by Crippen LogP contribution is 2.55. The molecule has 1 aromatic carbocycles. The van der Waals surface area contributed by atoms with Crippen LogP contribution >= 0.6 is 7.60 Å². The highest BCUT2D eigenvalue weighted by atomic mass is 31.2. The van der Waals surface area contributed by atoms with Crippen molar-refractivity contribution in [3.8, 4) is 0 Å². The van der Waals surface area contributed by atoms with Gasteiger partial charge < -0.3 is 18.3 Å². The van der Waals surface area contributed by atoms with Crippen LogP contribution in [0.1, 0.15) is 70.3 Å². The van der Waals surface area contributed by atoms with E-state index in [9.17, 15) is 22.5 Å². The van der Waals surface area contributed by atoms with Crippen LogP contribution in [-0.2, 0) is 41.2 Å². The van der Waals surface area contributed by atoms with E-state index < -0.39 is 42.0 Å². The van der Waals surface area contributed by atoms with Gasteiger partial charge in [-0.05, 0) is 65.2 Å². The van der Waals surface area contributed by atoms with Gasteiger partial charge in [-0.25, -0.2) is 0 Å². The van der Waals surface area contributed by atoms with E-state index in [1.807, 2.05) is 0 Å². The molecule has 8 nitrogen and oxygen atoms in total. The van der Waals surface area contributed by atoms with Gasteiger partial charge in [-0.3, -0.25) is 9.36 Å².